The van der Waals surface area contributed by atoms with Crippen LogP contribution in [0.15, 0.2) is 48.5 Å². The molecule has 0 radical (unpaired) electrons. The number of ether oxygens (including phenoxy) is 1. The molecule has 2 aromatic carbocycles. The molecule has 112 valence electrons. The monoisotopic (exact) mass is 298 g/mol. The Bertz CT molecular complexity index is 809. The van der Waals surface area contributed by atoms with Gasteiger partial charge in [-0.2, -0.15) is 0 Å². The van der Waals surface area contributed by atoms with Gasteiger partial charge >= 0.3 is 0 Å². The van der Waals surface area contributed by atoms with Crippen molar-refractivity contribution in [2.45, 2.75) is 6.54 Å². The SMILES string of the molecule is COc1ccc(CNC(=O)c2cc3ccc(F)cc3[nH]2)cc1. The number of amides is 1. The molecule has 0 spiro atoms. The molecule has 2 N–H and O–H groups in total. The molecular weight excluding hydrogens is 283 g/mol. The van der Waals surface area contributed by atoms with E-state index in [1.165, 1.54) is 12.1 Å². The number of H-pyrrole nitrogens is 1. The van der Waals surface area contributed by atoms with Crippen molar-refractivity contribution in [1.82, 2.24) is 10.3 Å². The summed E-state index contributed by atoms with van der Waals surface area (Å²) in [5.74, 6) is 0.208. The van der Waals surface area contributed by atoms with Gasteiger partial charge in [0, 0.05) is 17.4 Å². The van der Waals surface area contributed by atoms with Gasteiger partial charge in [0.1, 0.15) is 17.3 Å². The van der Waals surface area contributed by atoms with Crippen LogP contribution in [0.5, 0.6) is 5.75 Å². The molecule has 0 atom stereocenters. The number of aromatic nitrogens is 1. The van der Waals surface area contributed by atoms with Crippen LogP contribution < -0.4 is 10.1 Å². The van der Waals surface area contributed by atoms with Gasteiger partial charge in [0.05, 0.1) is 7.11 Å². The minimum absolute atomic E-state index is 0.229. The molecule has 1 heterocycles. The molecule has 0 saturated carbocycles. The van der Waals surface area contributed by atoms with Gasteiger partial charge in [0.25, 0.3) is 5.91 Å². The fourth-order valence-corrected chi connectivity index (χ4v) is 2.24. The number of carbonyl (C=O) groups is 1. The molecule has 5 heteroatoms. The molecule has 0 aliphatic carbocycles. The number of hydrogen-bond acceptors (Lipinski definition) is 2. The molecule has 0 saturated heterocycles. The first-order valence-electron chi connectivity index (χ1n) is 6.85. The van der Waals surface area contributed by atoms with Gasteiger partial charge in [-0.05, 0) is 42.0 Å². The van der Waals surface area contributed by atoms with E-state index in [-0.39, 0.29) is 11.7 Å². The number of methoxy groups -OCH3 is 1. The Morgan fingerprint density at radius 2 is 1.95 bits per heavy atom. The Hall–Kier alpha value is -2.82. The average Bonchev–Trinajstić information content (AvgIpc) is 2.96. The number of hydrogen-bond donors (Lipinski definition) is 2. The summed E-state index contributed by atoms with van der Waals surface area (Å²) in [6.45, 7) is 0.409. The third-order valence-electron chi connectivity index (χ3n) is 3.44. The zero-order chi connectivity index (χ0) is 15.5. The molecule has 3 rings (SSSR count). The Kier molecular flexibility index (Phi) is 3.78. The normalized spacial score (nSPS) is 10.6. The van der Waals surface area contributed by atoms with Gasteiger partial charge < -0.3 is 15.0 Å². The molecule has 0 aliphatic rings. The molecule has 4 nitrogen and oxygen atoms in total. The van der Waals surface area contributed by atoms with E-state index in [2.05, 4.69) is 10.3 Å². The van der Waals surface area contributed by atoms with E-state index in [1.54, 1.807) is 19.2 Å². The predicted octanol–water partition coefficient (Wildman–Crippen LogP) is 3.25. The van der Waals surface area contributed by atoms with E-state index in [0.29, 0.717) is 17.8 Å². The topological polar surface area (TPSA) is 54.1 Å². The van der Waals surface area contributed by atoms with Crippen molar-refractivity contribution < 1.29 is 13.9 Å². The molecule has 1 amide bonds. The molecule has 0 unspecified atom stereocenters. The summed E-state index contributed by atoms with van der Waals surface area (Å²) < 4.78 is 18.2. The van der Waals surface area contributed by atoms with Crippen molar-refractivity contribution in [3.8, 4) is 5.75 Å². The zero-order valence-corrected chi connectivity index (χ0v) is 12.0. The second kappa shape index (κ2) is 5.89. The molecule has 22 heavy (non-hydrogen) atoms. The highest BCUT2D eigenvalue weighted by molar-refractivity contribution is 5.97. The van der Waals surface area contributed by atoms with Crippen LogP contribution in [-0.4, -0.2) is 18.0 Å². The van der Waals surface area contributed by atoms with Crippen LogP contribution in [0.4, 0.5) is 4.39 Å². The van der Waals surface area contributed by atoms with Crippen molar-refractivity contribution in [3.63, 3.8) is 0 Å². The van der Waals surface area contributed by atoms with Gasteiger partial charge in [0.2, 0.25) is 0 Å². The molecule has 0 fully saturated rings. The Balaban J connectivity index is 1.69. The van der Waals surface area contributed by atoms with Gasteiger partial charge in [-0.1, -0.05) is 12.1 Å². The molecule has 1 aromatic heterocycles. The minimum Gasteiger partial charge on any atom is -0.497 e. The summed E-state index contributed by atoms with van der Waals surface area (Å²) in [6, 6.07) is 13.5. The summed E-state index contributed by atoms with van der Waals surface area (Å²) in [4.78, 5) is 15.1. The molecular formula is C17H15FN2O2. The Morgan fingerprint density at radius 3 is 2.68 bits per heavy atom. The number of halogens is 1. The first kappa shape index (κ1) is 14.1. The third-order valence-corrected chi connectivity index (χ3v) is 3.44. The number of nitrogens with one attached hydrogen (secondary N) is 2. The second-order valence-corrected chi connectivity index (χ2v) is 4.95. The lowest BCUT2D eigenvalue weighted by atomic mass is 10.2. The van der Waals surface area contributed by atoms with Gasteiger partial charge in [-0.15, -0.1) is 0 Å². The van der Waals surface area contributed by atoms with E-state index in [1.807, 2.05) is 24.3 Å². The maximum absolute atomic E-state index is 13.1. The lowest BCUT2D eigenvalue weighted by molar-refractivity contribution is 0.0947. The van der Waals surface area contributed by atoms with E-state index in [9.17, 15) is 9.18 Å². The van der Waals surface area contributed by atoms with Crippen LogP contribution in [-0.2, 0) is 6.54 Å². The van der Waals surface area contributed by atoms with E-state index in [4.69, 9.17) is 4.74 Å². The number of rotatable bonds is 4. The van der Waals surface area contributed by atoms with Crippen LogP contribution in [0.1, 0.15) is 16.1 Å². The largest absolute Gasteiger partial charge is 0.497 e. The van der Waals surface area contributed by atoms with E-state index >= 15 is 0 Å². The summed E-state index contributed by atoms with van der Waals surface area (Å²) in [7, 11) is 1.61. The smallest absolute Gasteiger partial charge is 0.267 e. The van der Waals surface area contributed by atoms with Gasteiger partial charge in [-0.3, -0.25) is 4.79 Å². The Morgan fingerprint density at radius 1 is 1.18 bits per heavy atom. The average molecular weight is 298 g/mol. The number of benzene rings is 2. The number of fused-ring (bicyclic) bond motifs is 1. The van der Waals surface area contributed by atoms with Crippen molar-refractivity contribution in [3.05, 3.63) is 65.6 Å². The van der Waals surface area contributed by atoms with Crippen molar-refractivity contribution >= 4 is 16.8 Å². The Labute approximate surface area is 126 Å². The van der Waals surface area contributed by atoms with E-state index in [0.717, 1.165) is 16.7 Å². The quantitative estimate of drug-likeness (QED) is 0.777. The van der Waals surface area contributed by atoms with Crippen LogP contribution in [0.2, 0.25) is 0 Å². The maximum atomic E-state index is 13.1. The van der Waals surface area contributed by atoms with Crippen molar-refractivity contribution in [2.24, 2.45) is 0 Å². The number of aromatic amines is 1. The minimum atomic E-state index is -0.334. The fourth-order valence-electron chi connectivity index (χ4n) is 2.24. The molecule has 0 bridgehead atoms. The summed E-state index contributed by atoms with van der Waals surface area (Å²) >= 11 is 0. The molecule has 3 aromatic rings. The van der Waals surface area contributed by atoms with Gasteiger partial charge in [-0.25, -0.2) is 4.39 Å². The van der Waals surface area contributed by atoms with Crippen LogP contribution in [0.25, 0.3) is 10.9 Å². The number of carbonyl (C=O) groups excluding carboxylic acids is 1. The highest BCUT2D eigenvalue weighted by atomic mass is 19.1. The van der Waals surface area contributed by atoms with Gasteiger partial charge in [0.15, 0.2) is 0 Å². The van der Waals surface area contributed by atoms with Crippen molar-refractivity contribution in [1.29, 1.82) is 0 Å². The van der Waals surface area contributed by atoms with Crippen LogP contribution in [0.3, 0.4) is 0 Å². The second-order valence-electron chi connectivity index (χ2n) is 4.95. The highest BCUT2D eigenvalue weighted by Crippen LogP contribution is 2.17. The lowest BCUT2D eigenvalue weighted by Crippen LogP contribution is -2.22. The summed E-state index contributed by atoms with van der Waals surface area (Å²) in [5, 5.41) is 3.63. The van der Waals surface area contributed by atoms with Crippen LogP contribution >= 0.6 is 0 Å². The molecule has 0 aliphatic heterocycles. The lowest BCUT2D eigenvalue weighted by Gasteiger charge is -2.05. The summed E-state index contributed by atoms with van der Waals surface area (Å²) in [5.41, 5.74) is 1.99. The third kappa shape index (κ3) is 2.93. The standard InChI is InChI=1S/C17H15FN2O2/c1-22-14-6-2-11(3-7-14)10-19-17(21)16-8-12-4-5-13(18)9-15(12)20-16/h2-9,20H,10H2,1H3,(H,19,21). The van der Waals surface area contributed by atoms with Crippen LogP contribution in [0, 0.1) is 5.82 Å². The summed E-state index contributed by atoms with van der Waals surface area (Å²) in [6.07, 6.45) is 0. The van der Waals surface area contributed by atoms with Crippen molar-refractivity contribution in [2.75, 3.05) is 7.11 Å². The maximum Gasteiger partial charge on any atom is 0.267 e. The first-order chi connectivity index (χ1) is 10.7. The zero-order valence-electron chi connectivity index (χ0n) is 12.0. The first-order valence-corrected chi connectivity index (χ1v) is 6.85. The van der Waals surface area contributed by atoms with E-state index < -0.39 is 0 Å². The predicted molar refractivity (Wildman–Crippen MR) is 82.4 cm³/mol. The highest BCUT2D eigenvalue weighted by Gasteiger charge is 2.09. The fraction of sp³-hybridized carbons (Fsp3) is 0.118.